The number of rotatable bonds is 5. The first kappa shape index (κ1) is 22.2. The Hall–Kier alpha value is -1.47. The number of aliphatic hydroxyl groups is 1. The van der Waals surface area contributed by atoms with Gasteiger partial charge in [-0.05, 0) is 43.4 Å². The van der Waals surface area contributed by atoms with E-state index in [2.05, 4.69) is 31.0 Å². The molecule has 0 saturated carbocycles. The summed E-state index contributed by atoms with van der Waals surface area (Å²) in [4.78, 5) is 9.17. The third-order valence-electron chi connectivity index (χ3n) is 5.70. The lowest BCUT2D eigenvalue weighted by atomic mass is 10.1. The predicted molar refractivity (Wildman–Crippen MR) is 121 cm³/mol. The number of aliphatic hydroxyl groups excluding tert-OH is 1. The first-order chi connectivity index (χ1) is 14.0. The summed E-state index contributed by atoms with van der Waals surface area (Å²) >= 11 is 2.05. The van der Waals surface area contributed by atoms with Crippen molar-refractivity contribution in [2.45, 2.75) is 51.5 Å². The van der Waals surface area contributed by atoms with E-state index >= 15 is 0 Å². The highest BCUT2D eigenvalue weighted by atomic mass is 32.2. The van der Waals surface area contributed by atoms with E-state index < -0.39 is 0 Å². The average Bonchev–Trinajstić information content (AvgIpc) is 2.72. The molecule has 2 N–H and O–H groups in total. The normalized spacial score (nSPS) is 21.7. The van der Waals surface area contributed by atoms with Crippen molar-refractivity contribution < 1.29 is 9.50 Å². The monoisotopic (exact) mass is 422 g/mol. The van der Waals surface area contributed by atoms with Crippen LogP contribution in [0.25, 0.3) is 0 Å². The average molecular weight is 423 g/mol. The number of anilines is 1. The molecule has 7 heteroatoms. The van der Waals surface area contributed by atoms with Gasteiger partial charge in [0.15, 0.2) is 5.96 Å². The maximum absolute atomic E-state index is 14.7. The zero-order valence-electron chi connectivity index (χ0n) is 17.9. The van der Waals surface area contributed by atoms with Crippen LogP contribution in [0.3, 0.4) is 0 Å². The minimum atomic E-state index is -0.254. The summed E-state index contributed by atoms with van der Waals surface area (Å²) in [6.07, 6.45) is 1.14. The molecule has 0 spiro atoms. The van der Waals surface area contributed by atoms with Crippen LogP contribution < -0.4 is 10.2 Å². The third-order valence-corrected chi connectivity index (χ3v) is 7.24. The standard InChI is InChI=1S/C22H35FN4OS/c1-4-24-22(27-11-12-29-21(15-27)16(2)3)25-14-17-5-6-20(19(23)13-17)26-9-7-18(28)8-10-26/h5-6,13,16,18,21,28H,4,7-12,14-15H2,1-3H3,(H,24,25). The van der Waals surface area contributed by atoms with Crippen LogP contribution in [-0.4, -0.2) is 65.8 Å². The van der Waals surface area contributed by atoms with E-state index in [1.807, 2.05) is 28.8 Å². The number of guanidine groups is 1. The van der Waals surface area contributed by atoms with Crippen LogP contribution in [0.15, 0.2) is 23.2 Å². The van der Waals surface area contributed by atoms with Crippen LogP contribution in [0.4, 0.5) is 10.1 Å². The lowest BCUT2D eigenvalue weighted by Gasteiger charge is -2.36. The van der Waals surface area contributed by atoms with Crippen LogP contribution >= 0.6 is 11.8 Å². The fraction of sp³-hybridized carbons (Fsp3) is 0.682. The molecule has 0 amide bonds. The van der Waals surface area contributed by atoms with Crippen molar-refractivity contribution in [3.8, 4) is 0 Å². The van der Waals surface area contributed by atoms with Crippen molar-refractivity contribution >= 4 is 23.4 Å². The van der Waals surface area contributed by atoms with Gasteiger partial charge in [-0.25, -0.2) is 9.38 Å². The first-order valence-electron chi connectivity index (χ1n) is 10.8. The van der Waals surface area contributed by atoms with Gasteiger partial charge in [0.1, 0.15) is 5.82 Å². The lowest BCUT2D eigenvalue weighted by Crippen LogP contribution is -2.49. The number of hydrogen-bond donors (Lipinski definition) is 2. The maximum atomic E-state index is 14.7. The molecule has 0 bridgehead atoms. The quantitative estimate of drug-likeness (QED) is 0.563. The van der Waals surface area contributed by atoms with Crippen molar-refractivity contribution in [2.75, 3.05) is 43.4 Å². The molecule has 0 aromatic heterocycles. The Morgan fingerprint density at radius 2 is 2.07 bits per heavy atom. The Morgan fingerprint density at radius 1 is 1.31 bits per heavy atom. The fourth-order valence-electron chi connectivity index (χ4n) is 3.88. The molecule has 2 aliphatic heterocycles. The summed E-state index contributed by atoms with van der Waals surface area (Å²) in [6, 6.07) is 5.44. The Morgan fingerprint density at radius 3 is 2.72 bits per heavy atom. The number of hydrogen-bond acceptors (Lipinski definition) is 4. The third kappa shape index (κ3) is 6.01. The number of nitrogens with one attached hydrogen (secondary N) is 1. The van der Waals surface area contributed by atoms with Gasteiger partial charge in [0.05, 0.1) is 18.3 Å². The van der Waals surface area contributed by atoms with E-state index in [1.165, 1.54) is 0 Å². The second-order valence-electron chi connectivity index (χ2n) is 8.27. The Bertz CT molecular complexity index is 691. The number of piperidine rings is 1. The summed E-state index contributed by atoms with van der Waals surface area (Å²) in [7, 11) is 0. The van der Waals surface area contributed by atoms with Crippen LogP contribution in [-0.2, 0) is 6.54 Å². The summed E-state index contributed by atoms with van der Waals surface area (Å²) in [6.45, 7) is 11.3. The highest BCUT2D eigenvalue weighted by Crippen LogP contribution is 2.26. The zero-order valence-corrected chi connectivity index (χ0v) is 18.7. The molecule has 0 aliphatic carbocycles. The van der Waals surface area contributed by atoms with E-state index in [4.69, 9.17) is 4.99 Å². The minimum absolute atomic E-state index is 0.201. The van der Waals surface area contributed by atoms with E-state index in [0.717, 1.165) is 36.9 Å². The number of nitrogens with zero attached hydrogens (tertiary/aromatic N) is 3. The Balaban J connectivity index is 1.67. The summed E-state index contributed by atoms with van der Waals surface area (Å²) in [5.41, 5.74) is 1.51. The zero-order chi connectivity index (χ0) is 20.8. The molecular weight excluding hydrogens is 387 g/mol. The topological polar surface area (TPSA) is 51.1 Å². The van der Waals surface area contributed by atoms with Gasteiger partial charge in [-0.3, -0.25) is 0 Å². The van der Waals surface area contributed by atoms with Crippen LogP contribution in [0.1, 0.15) is 39.2 Å². The lowest BCUT2D eigenvalue weighted by molar-refractivity contribution is 0.145. The van der Waals surface area contributed by atoms with Crippen LogP contribution in [0.2, 0.25) is 0 Å². The van der Waals surface area contributed by atoms with Gasteiger partial charge < -0.3 is 20.2 Å². The largest absolute Gasteiger partial charge is 0.393 e. The smallest absolute Gasteiger partial charge is 0.194 e. The van der Waals surface area contributed by atoms with Crippen molar-refractivity contribution in [1.82, 2.24) is 10.2 Å². The molecule has 29 heavy (non-hydrogen) atoms. The fourth-order valence-corrected chi connectivity index (χ4v) is 5.17. The molecule has 1 aromatic carbocycles. The molecule has 0 radical (unpaired) electrons. The Kier molecular flexibility index (Phi) is 8.07. The molecule has 2 saturated heterocycles. The SMILES string of the molecule is CCNC(=NCc1ccc(N2CCC(O)CC2)c(F)c1)N1CCSC(C(C)C)C1. The van der Waals surface area contributed by atoms with Crippen LogP contribution in [0, 0.1) is 11.7 Å². The van der Waals surface area contributed by atoms with Crippen molar-refractivity contribution in [3.63, 3.8) is 0 Å². The highest BCUT2D eigenvalue weighted by Gasteiger charge is 2.25. The molecule has 2 fully saturated rings. The van der Waals surface area contributed by atoms with E-state index in [1.54, 1.807) is 6.07 Å². The molecule has 3 rings (SSSR count). The van der Waals surface area contributed by atoms with Gasteiger partial charge in [0.25, 0.3) is 0 Å². The number of thioether (sulfide) groups is 1. The summed E-state index contributed by atoms with van der Waals surface area (Å²) in [5.74, 6) is 2.48. The van der Waals surface area contributed by atoms with Gasteiger partial charge in [0, 0.05) is 43.7 Å². The summed E-state index contributed by atoms with van der Waals surface area (Å²) in [5, 5.41) is 13.7. The maximum Gasteiger partial charge on any atom is 0.194 e. The van der Waals surface area contributed by atoms with E-state index in [-0.39, 0.29) is 11.9 Å². The van der Waals surface area contributed by atoms with Gasteiger partial charge in [-0.15, -0.1) is 0 Å². The van der Waals surface area contributed by atoms with E-state index in [0.29, 0.717) is 49.3 Å². The molecular formula is C22H35FN4OS. The van der Waals surface area contributed by atoms with Crippen molar-refractivity contribution in [3.05, 3.63) is 29.6 Å². The Labute approximate surface area is 178 Å². The van der Waals surface area contributed by atoms with E-state index in [9.17, 15) is 9.50 Å². The molecule has 1 aromatic rings. The first-order valence-corrected chi connectivity index (χ1v) is 11.9. The van der Waals surface area contributed by atoms with Gasteiger partial charge in [-0.1, -0.05) is 19.9 Å². The predicted octanol–water partition coefficient (Wildman–Crippen LogP) is 3.33. The molecule has 5 nitrogen and oxygen atoms in total. The van der Waals surface area contributed by atoms with Gasteiger partial charge >= 0.3 is 0 Å². The molecule has 2 heterocycles. The van der Waals surface area contributed by atoms with Crippen molar-refractivity contribution in [1.29, 1.82) is 0 Å². The number of aliphatic imine (C=N–C) groups is 1. The second-order valence-corrected chi connectivity index (χ2v) is 9.62. The minimum Gasteiger partial charge on any atom is -0.393 e. The molecule has 1 unspecified atom stereocenters. The van der Waals surface area contributed by atoms with Gasteiger partial charge in [0.2, 0.25) is 0 Å². The summed E-state index contributed by atoms with van der Waals surface area (Å²) < 4.78 is 14.7. The second kappa shape index (κ2) is 10.5. The van der Waals surface area contributed by atoms with Gasteiger partial charge in [-0.2, -0.15) is 11.8 Å². The number of halogens is 1. The van der Waals surface area contributed by atoms with Crippen molar-refractivity contribution in [2.24, 2.45) is 10.9 Å². The molecule has 2 aliphatic rings. The highest BCUT2D eigenvalue weighted by molar-refractivity contribution is 8.00. The number of benzene rings is 1. The molecule has 162 valence electrons. The molecule has 1 atom stereocenters. The van der Waals surface area contributed by atoms with Crippen LogP contribution in [0.5, 0.6) is 0 Å².